The van der Waals surface area contributed by atoms with Gasteiger partial charge in [0.2, 0.25) is 11.8 Å². The first-order valence-corrected chi connectivity index (χ1v) is 8.15. The van der Waals surface area contributed by atoms with Crippen LogP contribution in [-0.4, -0.2) is 31.8 Å². The number of benzene rings is 2. The van der Waals surface area contributed by atoms with Crippen LogP contribution in [0.3, 0.4) is 0 Å². The molecule has 0 spiro atoms. The van der Waals surface area contributed by atoms with Crippen LogP contribution >= 0.6 is 0 Å². The van der Waals surface area contributed by atoms with E-state index >= 15 is 0 Å². The summed E-state index contributed by atoms with van der Waals surface area (Å²) < 4.78 is 12.0. The van der Waals surface area contributed by atoms with E-state index in [1.165, 1.54) is 29.1 Å². The third-order valence-electron chi connectivity index (χ3n) is 4.13. The van der Waals surface area contributed by atoms with Crippen molar-refractivity contribution in [2.45, 2.75) is 6.54 Å². The molecule has 4 aromatic rings. The molecule has 10 heteroatoms. The van der Waals surface area contributed by atoms with Gasteiger partial charge in [-0.25, -0.2) is 4.98 Å². The average Bonchev–Trinajstić information content (AvgIpc) is 3.18. The molecule has 2 heterocycles. The molecule has 4 rings (SSSR count). The van der Waals surface area contributed by atoms with Crippen molar-refractivity contribution >= 4 is 16.6 Å². The maximum absolute atomic E-state index is 12.6. The van der Waals surface area contributed by atoms with E-state index in [0.717, 1.165) is 5.56 Å². The number of methoxy groups -OCH3 is 1. The largest absolute Gasteiger partial charge is 0.497 e. The molecule has 0 saturated heterocycles. The van der Waals surface area contributed by atoms with Crippen molar-refractivity contribution in [1.82, 2.24) is 19.7 Å². The van der Waals surface area contributed by atoms with E-state index < -0.39 is 4.92 Å². The summed E-state index contributed by atoms with van der Waals surface area (Å²) in [5.74, 6) is 1.25. The highest BCUT2D eigenvalue weighted by molar-refractivity contribution is 5.79. The molecule has 140 valence electrons. The molecule has 0 aliphatic heterocycles. The van der Waals surface area contributed by atoms with Crippen LogP contribution in [-0.2, 0) is 6.54 Å². The quantitative estimate of drug-likeness (QED) is 0.382. The lowest BCUT2D eigenvalue weighted by Gasteiger charge is -2.03. The zero-order valence-electron chi connectivity index (χ0n) is 14.6. The fourth-order valence-corrected chi connectivity index (χ4v) is 2.69. The Hall–Kier alpha value is -4.08. The standard InChI is InChI=1S/C18H13N5O5/c1-27-13-5-2-11(3-6-13)17-21-20-16(28-17)9-22-10-19-15-8-12(23(25)26)4-7-14(15)18(22)24/h2-8,10H,9H2,1H3. The lowest BCUT2D eigenvalue weighted by molar-refractivity contribution is -0.384. The number of non-ortho nitro benzene ring substituents is 1. The summed E-state index contributed by atoms with van der Waals surface area (Å²) in [5.41, 5.74) is 0.484. The second-order valence-corrected chi connectivity index (χ2v) is 5.87. The average molecular weight is 379 g/mol. The van der Waals surface area contributed by atoms with Gasteiger partial charge < -0.3 is 9.15 Å². The summed E-state index contributed by atoms with van der Waals surface area (Å²) in [6.45, 7) is 0.0297. The van der Waals surface area contributed by atoms with Crippen molar-refractivity contribution in [3.05, 3.63) is 75.2 Å². The van der Waals surface area contributed by atoms with Gasteiger partial charge in [-0.3, -0.25) is 19.5 Å². The molecule has 0 atom stereocenters. The minimum atomic E-state index is -0.536. The number of hydrogen-bond donors (Lipinski definition) is 0. The molecule has 0 radical (unpaired) electrons. The summed E-state index contributed by atoms with van der Waals surface area (Å²) in [7, 11) is 1.58. The fraction of sp³-hybridized carbons (Fsp3) is 0.111. The van der Waals surface area contributed by atoms with E-state index in [0.29, 0.717) is 11.6 Å². The molecule has 0 aliphatic carbocycles. The predicted octanol–water partition coefficient (Wildman–Crippen LogP) is 2.41. The van der Waals surface area contributed by atoms with Gasteiger partial charge in [0.15, 0.2) is 0 Å². The van der Waals surface area contributed by atoms with Gasteiger partial charge >= 0.3 is 0 Å². The summed E-state index contributed by atoms with van der Waals surface area (Å²) in [4.78, 5) is 27.0. The van der Waals surface area contributed by atoms with Gasteiger partial charge in [-0.2, -0.15) is 0 Å². The number of hydrogen-bond acceptors (Lipinski definition) is 8. The van der Waals surface area contributed by atoms with Crippen LogP contribution in [0.15, 0.2) is 58.0 Å². The topological polar surface area (TPSA) is 126 Å². The van der Waals surface area contributed by atoms with Crippen LogP contribution in [0.25, 0.3) is 22.4 Å². The zero-order chi connectivity index (χ0) is 19.7. The third kappa shape index (κ3) is 3.18. The van der Waals surface area contributed by atoms with E-state index in [9.17, 15) is 14.9 Å². The molecule has 0 aliphatic rings. The molecule has 0 bridgehead atoms. The van der Waals surface area contributed by atoms with E-state index in [4.69, 9.17) is 9.15 Å². The van der Waals surface area contributed by atoms with Crippen molar-refractivity contribution in [3.63, 3.8) is 0 Å². The molecule has 28 heavy (non-hydrogen) atoms. The van der Waals surface area contributed by atoms with Crippen molar-refractivity contribution in [1.29, 1.82) is 0 Å². The van der Waals surface area contributed by atoms with E-state index in [1.54, 1.807) is 31.4 Å². The second-order valence-electron chi connectivity index (χ2n) is 5.87. The second kappa shape index (κ2) is 6.91. The van der Waals surface area contributed by atoms with Gasteiger partial charge in [-0.15, -0.1) is 10.2 Å². The molecule has 0 fully saturated rings. The Labute approximate surface area is 157 Å². The van der Waals surface area contributed by atoms with Crippen LogP contribution < -0.4 is 10.3 Å². The van der Waals surface area contributed by atoms with Crippen molar-refractivity contribution in [3.8, 4) is 17.2 Å². The van der Waals surface area contributed by atoms with Gasteiger partial charge in [-0.05, 0) is 30.3 Å². The van der Waals surface area contributed by atoms with Crippen LogP contribution in [0.5, 0.6) is 5.75 Å². The van der Waals surface area contributed by atoms with Gasteiger partial charge in [0.25, 0.3) is 11.2 Å². The SMILES string of the molecule is COc1ccc(-c2nnc(Cn3cnc4cc([N+](=O)[O-])ccc4c3=O)o2)cc1. The van der Waals surface area contributed by atoms with Crippen LogP contribution in [0, 0.1) is 10.1 Å². The normalized spacial score (nSPS) is 10.9. The molecule has 0 unspecified atom stereocenters. The van der Waals surface area contributed by atoms with Crippen molar-refractivity contribution < 1.29 is 14.1 Å². The fourth-order valence-electron chi connectivity index (χ4n) is 2.69. The number of nitro groups is 1. The zero-order valence-corrected chi connectivity index (χ0v) is 14.6. The molecular weight excluding hydrogens is 366 g/mol. The Morgan fingerprint density at radius 3 is 2.68 bits per heavy atom. The van der Waals surface area contributed by atoms with Crippen molar-refractivity contribution in [2.24, 2.45) is 0 Å². The van der Waals surface area contributed by atoms with Crippen LogP contribution in [0.1, 0.15) is 5.89 Å². The molecule has 10 nitrogen and oxygen atoms in total. The maximum Gasteiger partial charge on any atom is 0.271 e. The molecule has 2 aromatic carbocycles. The number of ether oxygens (including phenoxy) is 1. The summed E-state index contributed by atoms with van der Waals surface area (Å²) >= 11 is 0. The first kappa shape index (κ1) is 17.3. The Morgan fingerprint density at radius 1 is 1.18 bits per heavy atom. The highest BCUT2D eigenvalue weighted by atomic mass is 16.6. The Balaban J connectivity index is 1.62. The molecule has 0 N–H and O–H groups in total. The van der Waals surface area contributed by atoms with Gasteiger partial charge in [-0.1, -0.05) is 0 Å². The van der Waals surface area contributed by atoms with Crippen LogP contribution in [0.4, 0.5) is 5.69 Å². The number of fused-ring (bicyclic) bond motifs is 1. The monoisotopic (exact) mass is 379 g/mol. The molecule has 0 saturated carbocycles. The number of nitro benzene ring substituents is 1. The van der Waals surface area contributed by atoms with E-state index in [1.807, 2.05) is 0 Å². The summed E-state index contributed by atoms with van der Waals surface area (Å²) in [6, 6.07) is 11.0. The first-order valence-electron chi connectivity index (χ1n) is 8.15. The minimum absolute atomic E-state index is 0.0297. The number of aromatic nitrogens is 4. The third-order valence-corrected chi connectivity index (χ3v) is 4.13. The summed E-state index contributed by atoms with van der Waals surface area (Å²) in [6.07, 6.45) is 1.30. The molecular formula is C18H13N5O5. The van der Waals surface area contributed by atoms with Gasteiger partial charge in [0.1, 0.15) is 12.3 Å². The number of nitrogens with zero attached hydrogens (tertiary/aromatic N) is 5. The van der Waals surface area contributed by atoms with Crippen LogP contribution in [0.2, 0.25) is 0 Å². The molecule has 0 amide bonds. The van der Waals surface area contributed by atoms with Gasteiger partial charge in [0.05, 0.1) is 29.3 Å². The minimum Gasteiger partial charge on any atom is -0.497 e. The Kier molecular flexibility index (Phi) is 4.28. The number of rotatable bonds is 5. The highest BCUT2D eigenvalue weighted by Crippen LogP contribution is 2.21. The predicted molar refractivity (Wildman–Crippen MR) is 98.0 cm³/mol. The lowest BCUT2D eigenvalue weighted by atomic mass is 10.2. The smallest absolute Gasteiger partial charge is 0.271 e. The highest BCUT2D eigenvalue weighted by Gasteiger charge is 2.13. The van der Waals surface area contributed by atoms with Gasteiger partial charge in [0, 0.05) is 17.7 Å². The first-order chi connectivity index (χ1) is 13.5. The molecule has 2 aromatic heterocycles. The lowest BCUT2D eigenvalue weighted by Crippen LogP contribution is -2.21. The summed E-state index contributed by atoms with van der Waals surface area (Å²) in [5, 5.41) is 19.1. The van der Waals surface area contributed by atoms with Crippen molar-refractivity contribution in [2.75, 3.05) is 7.11 Å². The van der Waals surface area contributed by atoms with E-state index in [2.05, 4.69) is 15.2 Å². The van der Waals surface area contributed by atoms with E-state index in [-0.39, 0.29) is 34.6 Å². The Bertz CT molecular complexity index is 1230. The Morgan fingerprint density at radius 2 is 1.96 bits per heavy atom. The maximum atomic E-state index is 12.6.